The first kappa shape index (κ1) is 21.4. The number of halogens is 1. The minimum absolute atomic E-state index is 0.150. The Kier molecular flexibility index (Phi) is 7.41. The fraction of sp³-hybridized carbons (Fsp3) is 0.316. The lowest BCUT2D eigenvalue weighted by Gasteiger charge is -2.13. The number of carbonyl (C=O) groups excluding carboxylic acids is 1. The molecule has 0 aliphatic rings. The Balaban J connectivity index is 2.17. The first-order valence-corrected chi connectivity index (χ1v) is 10.9. The highest BCUT2D eigenvalue weighted by Crippen LogP contribution is 2.25. The van der Waals surface area contributed by atoms with Crippen molar-refractivity contribution in [2.75, 3.05) is 11.9 Å². The molecule has 0 aliphatic heterocycles. The van der Waals surface area contributed by atoms with Crippen LogP contribution in [0.15, 0.2) is 51.8 Å². The fourth-order valence-corrected chi connectivity index (χ4v) is 3.98. The molecule has 2 N–H and O–H groups in total. The molecule has 0 saturated carbocycles. The van der Waals surface area contributed by atoms with Crippen LogP contribution in [0.25, 0.3) is 0 Å². The number of ether oxygens (including phenoxy) is 1. The lowest BCUT2D eigenvalue weighted by Crippen LogP contribution is -2.31. The summed E-state index contributed by atoms with van der Waals surface area (Å²) >= 11 is 3.35. The smallest absolute Gasteiger partial charge is 0.259 e. The summed E-state index contributed by atoms with van der Waals surface area (Å²) in [4.78, 5) is 12.7. The van der Waals surface area contributed by atoms with E-state index in [0.717, 1.165) is 4.47 Å². The van der Waals surface area contributed by atoms with Gasteiger partial charge in [0.1, 0.15) is 5.75 Å². The predicted octanol–water partition coefficient (Wildman–Crippen LogP) is 4.18. The maximum absolute atomic E-state index is 12.6. The quantitative estimate of drug-likeness (QED) is 0.626. The SMILES string of the molecule is CCOc1ccc(Br)cc1C(=O)Nc1ccc(S(=O)(=O)NC(C)CC)cc1. The molecule has 8 heteroatoms. The molecule has 6 nitrogen and oxygen atoms in total. The maximum atomic E-state index is 12.6. The molecule has 0 spiro atoms. The van der Waals surface area contributed by atoms with Crippen LogP contribution >= 0.6 is 15.9 Å². The standard InChI is InChI=1S/C19H23BrN2O4S/c1-4-13(3)22-27(24,25)16-9-7-15(8-10-16)21-19(23)17-12-14(20)6-11-18(17)26-5-2/h6-13,22H,4-5H2,1-3H3,(H,21,23). The number of benzene rings is 2. The van der Waals surface area contributed by atoms with Crippen LogP contribution in [-0.2, 0) is 10.0 Å². The number of anilines is 1. The maximum Gasteiger partial charge on any atom is 0.259 e. The van der Waals surface area contributed by atoms with Crippen molar-refractivity contribution in [2.24, 2.45) is 0 Å². The Morgan fingerprint density at radius 1 is 1.15 bits per heavy atom. The van der Waals surface area contributed by atoms with Crippen molar-refractivity contribution in [3.8, 4) is 5.75 Å². The van der Waals surface area contributed by atoms with Gasteiger partial charge in [0.25, 0.3) is 5.91 Å². The molecule has 1 atom stereocenters. The van der Waals surface area contributed by atoms with Crippen LogP contribution in [0.1, 0.15) is 37.6 Å². The van der Waals surface area contributed by atoms with Gasteiger partial charge in [-0.05, 0) is 62.7 Å². The molecule has 0 aromatic heterocycles. The summed E-state index contributed by atoms with van der Waals surface area (Å²) in [5.41, 5.74) is 0.881. The van der Waals surface area contributed by atoms with Crippen LogP contribution < -0.4 is 14.8 Å². The van der Waals surface area contributed by atoms with Crippen molar-refractivity contribution in [3.63, 3.8) is 0 Å². The van der Waals surface area contributed by atoms with Crippen LogP contribution in [0.3, 0.4) is 0 Å². The normalized spacial score (nSPS) is 12.4. The largest absolute Gasteiger partial charge is 0.493 e. The van der Waals surface area contributed by atoms with Crippen molar-refractivity contribution in [2.45, 2.75) is 38.1 Å². The summed E-state index contributed by atoms with van der Waals surface area (Å²) in [5.74, 6) is 0.142. The summed E-state index contributed by atoms with van der Waals surface area (Å²) in [6.07, 6.45) is 0.697. The second-order valence-corrected chi connectivity index (χ2v) is 8.61. The van der Waals surface area contributed by atoms with Crippen LogP contribution in [0.5, 0.6) is 5.75 Å². The number of nitrogens with one attached hydrogen (secondary N) is 2. The molecule has 2 aromatic rings. The second kappa shape index (κ2) is 9.34. The molecule has 0 heterocycles. The van der Waals surface area contributed by atoms with E-state index < -0.39 is 10.0 Å². The molecule has 0 radical (unpaired) electrons. The Hall–Kier alpha value is -1.90. The third-order valence-electron chi connectivity index (χ3n) is 3.88. The summed E-state index contributed by atoms with van der Waals surface area (Å²) in [7, 11) is -3.58. The van der Waals surface area contributed by atoms with Crippen molar-refractivity contribution in [3.05, 3.63) is 52.5 Å². The van der Waals surface area contributed by atoms with Crippen molar-refractivity contribution < 1.29 is 17.9 Å². The molecule has 2 rings (SSSR count). The number of sulfonamides is 1. The summed E-state index contributed by atoms with van der Waals surface area (Å²) in [6, 6.07) is 11.1. The number of hydrogen-bond acceptors (Lipinski definition) is 4. The van der Waals surface area contributed by atoms with Gasteiger partial charge in [0.2, 0.25) is 10.0 Å². The lowest BCUT2D eigenvalue weighted by atomic mass is 10.2. The molecule has 0 saturated heterocycles. The number of rotatable bonds is 8. The van der Waals surface area contributed by atoms with Crippen LogP contribution in [0, 0.1) is 0 Å². The van der Waals surface area contributed by atoms with Crippen molar-refractivity contribution in [1.82, 2.24) is 4.72 Å². The van der Waals surface area contributed by atoms with Gasteiger partial charge in [-0.2, -0.15) is 0 Å². The van der Waals surface area contributed by atoms with Crippen LogP contribution in [-0.4, -0.2) is 27.0 Å². The van der Waals surface area contributed by atoms with E-state index in [2.05, 4.69) is 26.0 Å². The first-order chi connectivity index (χ1) is 12.8. The highest BCUT2D eigenvalue weighted by atomic mass is 79.9. The Morgan fingerprint density at radius 2 is 1.81 bits per heavy atom. The topological polar surface area (TPSA) is 84.5 Å². The summed E-state index contributed by atoms with van der Waals surface area (Å²) in [6.45, 7) is 6.00. The molecule has 1 unspecified atom stereocenters. The van der Waals surface area contributed by atoms with Gasteiger partial charge < -0.3 is 10.1 Å². The van der Waals surface area contributed by atoms with Gasteiger partial charge in [0, 0.05) is 16.2 Å². The third-order valence-corrected chi connectivity index (χ3v) is 5.98. The molecule has 0 aliphatic carbocycles. The number of carbonyl (C=O) groups is 1. The van der Waals surface area contributed by atoms with Gasteiger partial charge in [-0.3, -0.25) is 4.79 Å². The molecular formula is C19H23BrN2O4S. The molecule has 27 heavy (non-hydrogen) atoms. The van der Waals surface area contributed by atoms with E-state index in [1.165, 1.54) is 12.1 Å². The molecular weight excluding hydrogens is 432 g/mol. The minimum atomic E-state index is -3.58. The lowest BCUT2D eigenvalue weighted by molar-refractivity contribution is 0.102. The van der Waals surface area contributed by atoms with E-state index in [9.17, 15) is 13.2 Å². The number of amides is 1. The number of hydrogen-bond donors (Lipinski definition) is 2. The van der Waals surface area contributed by atoms with E-state index in [1.54, 1.807) is 37.3 Å². The van der Waals surface area contributed by atoms with E-state index in [1.807, 2.05) is 13.8 Å². The summed E-state index contributed by atoms with van der Waals surface area (Å²) in [5, 5.41) is 2.76. The van der Waals surface area contributed by atoms with Gasteiger partial charge in [0.15, 0.2) is 0 Å². The molecule has 0 bridgehead atoms. The highest BCUT2D eigenvalue weighted by molar-refractivity contribution is 9.10. The van der Waals surface area contributed by atoms with Gasteiger partial charge in [-0.15, -0.1) is 0 Å². The second-order valence-electron chi connectivity index (χ2n) is 5.98. The third kappa shape index (κ3) is 5.79. The van der Waals surface area contributed by atoms with Crippen LogP contribution in [0.4, 0.5) is 5.69 Å². The van der Waals surface area contributed by atoms with Gasteiger partial charge in [-0.1, -0.05) is 22.9 Å². The average molecular weight is 455 g/mol. The summed E-state index contributed by atoms with van der Waals surface area (Å²) < 4.78 is 33.4. The van der Waals surface area contributed by atoms with E-state index in [4.69, 9.17) is 4.74 Å². The van der Waals surface area contributed by atoms with Gasteiger partial charge in [-0.25, -0.2) is 13.1 Å². The highest BCUT2D eigenvalue weighted by Gasteiger charge is 2.17. The average Bonchev–Trinajstić information content (AvgIpc) is 2.63. The molecule has 0 fully saturated rings. The molecule has 146 valence electrons. The van der Waals surface area contributed by atoms with Crippen molar-refractivity contribution in [1.29, 1.82) is 0 Å². The van der Waals surface area contributed by atoms with Crippen molar-refractivity contribution >= 4 is 37.5 Å². The van der Waals surface area contributed by atoms with Gasteiger partial charge >= 0.3 is 0 Å². The monoisotopic (exact) mass is 454 g/mol. The van der Waals surface area contributed by atoms with E-state index in [-0.39, 0.29) is 16.8 Å². The zero-order valence-electron chi connectivity index (χ0n) is 15.5. The first-order valence-electron chi connectivity index (χ1n) is 8.63. The predicted molar refractivity (Wildman–Crippen MR) is 110 cm³/mol. The van der Waals surface area contributed by atoms with E-state index >= 15 is 0 Å². The minimum Gasteiger partial charge on any atom is -0.493 e. The fourth-order valence-electron chi connectivity index (χ4n) is 2.29. The van der Waals surface area contributed by atoms with Crippen LogP contribution in [0.2, 0.25) is 0 Å². The van der Waals surface area contributed by atoms with E-state index in [0.29, 0.717) is 30.0 Å². The molecule has 1 amide bonds. The Morgan fingerprint density at radius 3 is 2.41 bits per heavy atom. The molecule has 2 aromatic carbocycles. The Bertz CT molecular complexity index is 898. The van der Waals surface area contributed by atoms with Gasteiger partial charge in [0.05, 0.1) is 17.1 Å². The zero-order valence-corrected chi connectivity index (χ0v) is 17.9. The zero-order chi connectivity index (χ0) is 20.0. The Labute approximate surface area is 168 Å².